The van der Waals surface area contributed by atoms with Crippen LogP contribution in [0.3, 0.4) is 0 Å². The van der Waals surface area contributed by atoms with Gasteiger partial charge >= 0.3 is 0 Å². The minimum absolute atomic E-state index is 0.0402. The molecule has 0 radical (unpaired) electrons. The highest BCUT2D eigenvalue weighted by Gasteiger charge is 2.40. The van der Waals surface area contributed by atoms with Crippen LogP contribution in [0.5, 0.6) is 5.75 Å². The highest BCUT2D eigenvalue weighted by molar-refractivity contribution is 5.78. The first-order valence-corrected chi connectivity index (χ1v) is 6.81. The molecule has 0 bridgehead atoms. The van der Waals surface area contributed by atoms with Gasteiger partial charge in [-0.1, -0.05) is 12.1 Å². The number of nitrogens with zero attached hydrogens (tertiary/aromatic N) is 1. The van der Waals surface area contributed by atoms with Gasteiger partial charge in [-0.25, -0.2) is 0 Å². The highest BCUT2D eigenvalue weighted by atomic mass is 16.5. The van der Waals surface area contributed by atoms with Crippen molar-refractivity contribution in [1.82, 2.24) is 4.90 Å². The van der Waals surface area contributed by atoms with Crippen molar-refractivity contribution in [3.05, 3.63) is 29.8 Å². The number of carbonyl (C=O) groups excluding carboxylic acids is 1. The van der Waals surface area contributed by atoms with Crippen LogP contribution in [0.4, 0.5) is 0 Å². The molecule has 1 aromatic rings. The molecule has 1 amide bonds. The van der Waals surface area contributed by atoms with E-state index in [-0.39, 0.29) is 12.5 Å². The summed E-state index contributed by atoms with van der Waals surface area (Å²) < 4.78 is 11.4. The monoisotopic (exact) mass is 278 g/mol. The number of hydrogen-bond donors (Lipinski definition) is 1. The number of amides is 1. The van der Waals surface area contributed by atoms with E-state index in [1.54, 1.807) is 12.0 Å². The maximum absolute atomic E-state index is 11.6. The smallest absolute Gasteiger partial charge is 0.236 e. The Morgan fingerprint density at radius 3 is 2.95 bits per heavy atom. The normalized spacial score (nSPS) is 22.1. The van der Waals surface area contributed by atoms with Crippen LogP contribution in [0.2, 0.25) is 0 Å². The molecule has 5 nitrogen and oxygen atoms in total. The number of methoxy groups -OCH3 is 1. The average Bonchev–Trinajstić information content (AvgIpc) is 2.90. The second-order valence-corrected chi connectivity index (χ2v) is 5.26. The largest absolute Gasteiger partial charge is 0.491 e. The summed E-state index contributed by atoms with van der Waals surface area (Å²) in [7, 11) is 1.66. The van der Waals surface area contributed by atoms with Gasteiger partial charge in [0.15, 0.2) is 0 Å². The zero-order chi connectivity index (χ0) is 14.6. The van der Waals surface area contributed by atoms with Gasteiger partial charge in [-0.15, -0.1) is 0 Å². The minimum atomic E-state index is -0.436. The predicted molar refractivity (Wildman–Crippen MR) is 76.7 cm³/mol. The third-order valence-electron chi connectivity index (χ3n) is 3.77. The van der Waals surface area contributed by atoms with E-state index in [0.29, 0.717) is 19.7 Å². The van der Waals surface area contributed by atoms with Crippen molar-refractivity contribution >= 4 is 5.91 Å². The summed E-state index contributed by atoms with van der Waals surface area (Å²) in [5.74, 6) is 0.782. The van der Waals surface area contributed by atoms with Crippen molar-refractivity contribution in [2.75, 3.05) is 33.4 Å². The second kappa shape index (κ2) is 6.24. The topological polar surface area (TPSA) is 64.8 Å². The van der Waals surface area contributed by atoms with Crippen LogP contribution in [0, 0.1) is 6.92 Å². The summed E-state index contributed by atoms with van der Waals surface area (Å²) in [5.41, 5.74) is 6.12. The number of nitrogens with two attached hydrogens (primary N) is 1. The van der Waals surface area contributed by atoms with Gasteiger partial charge in [-0.2, -0.15) is 0 Å². The van der Waals surface area contributed by atoms with Crippen LogP contribution in [0.15, 0.2) is 24.3 Å². The number of rotatable bonds is 5. The Morgan fingerprint density at radius 2 is 2.30 bits per heavy atom. The van der Waals surface area contributed by atoms with Gasteiger partial charge in [0.1, 0.15) is 18.0 Å². The molecule has 5 heteroatoms. The molecule has 20 heavy (non-hydrogen) atoms. The van der Waals surface area contributed by atoms with E-state index in [1.165, 1.54) is 0 Å². The van der Waals surface area contributed by atoms with Crippen LogP contribution in [0.25, 0.3) is 0 Å². The fraction of sp³-hybridized carbons (Fsp3) is 0.533. The number of likely N-dealkylation sites (tertiary alicyclic amines) is 1. The number of ether oxygens (including phenoxy) is 2. The van der Waals surface area contributed by atoms with Crippen LogP contribution < -0.4 is 10.5 Å². The molecule has 0 spiro atoms. The molecule has 1 aromatic carbocycles. The molecule has 1 saturated heterocycles. The number of aryl methyl sites for hydroxylation is 1. The third kappa shape index (κ3) is 3.29. The van der Waals surface area contributed by atoms with Crippen LogP contribution in [0.1, 0.15) is 12.0 Å². The van der Waals surface area contributed by atoms with Gasteiger partial charge < -0.3 is 20.1 Å². The Bertz CT molecular complexity index is 478. The fourth-order valence-electron chi connectivity index (χ4n) is 2.45. The van der Waals surface area contributed by atoms with Crippen molar-refractivity contribution in [2.45, 2.75) is 18.9 Å². The minimum Gasteiger partial charge on any atom is -0.491 e. The maximum atomic E-state index is 11.6. The molecule has 1 unspecified atom stereocenters. The molecule has 0 saturated carbocycles. The molecular formula is C15H22N2O3. The first-order valence-electron chi connectivity index (χ1n) is 6.81. The highest BCUT2D eigenvalue weighted by Crippen LogP contribution is 2.26. The lowest BCUT2D eigenvalue weighted by Gasteiger charge is -2.27. The summed E-state index contributed by atoms with van der Waals surface area (Å²) in [4.78, 5) is 13.4. The van der Waals surface area contributed by atoms with Gasteiger partial charge in [0.05, 0.1) is 13.1 Å². The number of hydrogen-bond acceptors (Lipinski definition) is 4. The Kier molecular flexibility index (Phi) is 4.62. The Balaban J connectivity index is 1.97. The van der Waals surface area contributed by atoms with Crippen molar-refractivity contribution in [2.24, 2.45) is 5.73 Å². The van der Waals surface area contributed by atoms with E-state index in [4.69, 9.17) is 15.2 Å². The molecule has 2 N–H and O–H groups in total. The molecule has 1 aliphatic rings. The zero-order valence-electron chi connectivity index (χ0n) is 12.1. The van der Waals surface area contributed by atoms with Gasteiger partial charge in [0, 0.05) is 13.7 Å². The Labute approximate surface area is 119 Å². The molecule has 1 heterocycles. The Morgan fingerprint density at radius 1 is 1.50 bits per heavy atom. The molecule has 2 rings (SSSR count). The average molecular weight is 278 g/mol. The van der Waals surface area contributed by atoms with E-state index < -0.39 is 5.60 Å². The van der Waals surface area contributed by atoms with Crippen LogP contribution in [-0.2, 0) is 9.53 Å². The summed E-state index contributed by atoms with van der Waals surface area (Å²) in [6.45, 7) is 3.70. The molecule has 110 valence electrons. The summed E-state index contributed by atoms with van der Waals surface area (Å²) >= 11 is 0. The molecule has 1 aliphatic heterocycles. The summed E-state index contributed by atoms with van der Waals surface area (Å²) in [6, 6.07) is 7.90. The number of benzene rings is 1. The maximum Gasteiger partial charge on any atom is 0.236 e. The van der Waals surface area contributed by atoms with E-state index in [9.17, 15) is 4.79 Å². The second-order valence-electron chi connectivity index (χ2n) is 5.26. The van der Waals surface area contributed by atoms with Crippen molar-refractivity contribution in [3.63, 3.8) is 0 Å². The van der Waals surface area contributed by atoms with Crippen molar-refractivity contribution < 1.29 is 14.3 Å². The quantitative estimate of drug-likeness (QED) is 0.871. The van der Waals surface area contributed by atoms with E-state index >= 15 is 0 Å². The van der Waals surface area contributed by atoms with Gasteiger partial charge in [-0.05, 0) is 31.0 Å². The van der Waals surface area contributed by atoms with E-state index in [1.807, 2.05) is 31.2 Å². The van der Waals surface area contributed by atoms with Gasteiger partial charge in [-0.3, -0.25) is 4.79 Å². The first kappa shape index (κ1) is 14.8. The lowest BCUT2D eigenvalue weighted by atomic mass is 10.0. The summed E-state index contributed by atoms with van der Waals surface area (Å²) in [5, 5.41) is 0. The van der Waals surface area contributed by atoms with Gasteiger partial charge in [0.2, 0.25) is 5.91 Å². The fourth-order valence-corrected chi connectivity index (χ4v) is 2.45. The lowest BCUT2D eigenvalue weighted by molar-refractivity contribution is -0.130. The molecular weight excluding hydrogens is 256 g/mol. The van der Waals surface area contributed by atoms with E-state index in [0.717, 1.165) is 17.7 Å². The van der Waals surface area contributed by atoms with Crippen LogP contribution in [-0.4, -0.2) is 49.8 Å². The molecule has 1 fully saturated rings. The van der Waals surface area contributed by atoms with E-state index in [2.05, 4.69) is 0 Å². The lowest BCUT2D eigenvalue weighted by Crippen LogP contribution is -2.43. The SMILES string of the molecule is COC1(COc2cccc(C)c2)CCN(C(=O)CN)C1. The molecule has 0 aromatic heterocycles. The molecule has 1 atom stereocenters. The standard InChI is InChI=1S/C15H22N2O3/c1-12-4-3-5-13(8-12)20-11-15(19-2)6-7-17(10-15)14(18)9-16/h3-5,8H,6-7,9-11,16H2,1-2H3. The Hall–Kier alpha value is -1.59. The zero-order valence-corrected chi connectivity index (χ0v) is 12.1. The van der Waals surface area contributed by atoms with Gasteiger partial charge in [0.25, 0.3) is 0 Å². The number of carbonyl (C=O) groups is 1. The molecule has 0 aliphatic carbocycles. The third-order valence-corrected chi connectivity index (χ3v) is 3.77. The van der Waals surface area contributed by atoms with Crippen molar-refractivity contribution in [3.8, 4) is 5.75 Å². The van der Waals surface area contributed by atoms with Crippen molar-refractivity contribution in [1.29, 1.82) is 0 Å². The van der Waals surface area contributed by atoms with Crippen LogP contribution >= 0.6 is 0 Å². The first-order chi connectivity index (χ1) is 9.58. The predicted octanol–water partition coefficient (Wildman–Crippen LogP) is 0.950. The summed E-state index contributed by atoms with van der Waals surface area (Å²) in [6.07, 6.45) is 0.765.